The summed E-state index contributed by atoms with van der Waals surface area (Å²) < 4.78 is 40.8. The Morgan fingerprint density at radius 2 is 1.93 bits per heavy atom. The zero-order chi connectivity index (χ0) is 19.2. The predicted octanol–water partition coefficient (Wildman–Crippen LogP) is 2.56. The Morgan fingerprint density at radius 3 is 2.59 bits per heavy atom. The van der Waals surface area contributed by atoms with Crippen LogP contribution < -0.4 is 11.1 Å². The fourth-order valence-corrected chi connectivity index (χ4v) is 2.57. The minimum atomic E-state index is -4.51. The van der Waals surface area contributed by atoms with E-state index in [-0.39, 0.29) is 28.9 Å². The van der Waals surface area contributed by atoms with Crippen molar-refractivity contribution in [3.05, 3.63) is 42.0 Å². The molecule has 4 heterocycles. The van der Waals surface area contributed by atoms with Crippen LogP contribution in [-0.2, 0) is 6.18 Å². The van der Waals surface area contributed by atoms with Crippen molar-refractivity contribution in [1.29, 1.82) is 0 Å². The molecule has 0 aliphatic carbocycles. The maximum Gasteiger partial charge on any atom is 0.417 e. The number of pyridine rings is 1. The second-order valence-electron chi connectivity index (χ2n) is 5.61. The van der Waals surface area contributed by atoms with Crippen LogP contribution >= 0.6 is 0 Å². The molecule has 4 aromatic rings. The van der Waals surface area contributed by atoms with Gasteiger partial charge in [0.25, 0.3) is 0 Å². The van der Waals surface area contributed by atoms with E-state index < -0.39 is 11.7 Å². The van der Waals surface area contributed by atoms with Gasteiger partial charge < -0.3 is 11.1 Å². The van der Waals surface area contributed by atoms with Gasteiger partial charge in [-0.2, -0.15) is 28.2 Å². The van der Waals surface area contributed by atoms with Gasteiger partial charge in [-0.05, 0) is 19.1 Å². The number of alkyl halides is 3. The minimum absolute atomic E-state index is 0.0492. The van der Waals surface area contributed by atoms with Crippen molar-refractivity contribution >= 4 is 23.2 Å². The first-order chi connectivity index (χ1) is 12.8. The molecule has 0 saturated heterocycles. The smallest absolute Gasteiger partial charge is 0.368 e. The third kappa shape index (κ3) is 3.12. The van der Waals surface area contributed by atoms with Crippen molar-refractivity contribution < 1.29 is 13.2 Å². The number of imidazole rings is 1. The molecule has 27 heavy (non-hydrogen) atoms. The molecule has 0 amide bonds. The number of fused-ring (bicyclic) bond motifs is 1. The summed E-state index contributed by atoms with van der Waals surface area (Å²) in [6, 6.07) is 3.86. The molecule has 0 spiro atoms. The van der Waals surface area contributed by atoms with Crippen LogP contribution in [0.5, 0.6) is 0 Å². The largest absolute Gasteiger partial charge is 0.417 e. The van der Waals surface area contributed by atoms with Gasteiger partial charge in [-0.15, -0.1) is 0 Å². The highest BCUT2D eigenvalue weighted by atomic mass is 19.4. The Hall–Kier alpha value is -3.70. The summed E-state index contributed by atoms with van der Waals surface area (Å²) in [7, 11) is 0. The van der Waals surface area contributed by atoms with E-state index in [4.69, 9.17) is 5.73 Å². The number of anilines is 3. The first kappa shape index (κ1) is 16.8. The zero-order valence-electron chi connectivity index (χ0n) is 13.8. The van der Waals surface area contributed by atoms with Gasteiger partial charge in [0.05, 0.1) is 11.8 Å². The number of nitrogens with two attached hydrogens (primary N) is 1. The Labute approximate surface area is 149 Å². The number of nitrogen functional groups attached to an aromatic ring is 1. The molecule has 0 bridgehead atoms. The highest BCUT2D eigenvalue weighted by molar-refractivity contribution is 5.76. The van der Waals surface area contributed by atoms with Crippen molar-refractivity contribution in [3.8, 4) is 11.5 Å². The summed E-state index contributed by atoms with van der Waals surface area (Å²) in [5.74, 6) is 1.10. The lowest BCUT2D eigenvalue weighted by Gasteiger charge is -2.09. The van der Waals surface area contributed by atoms with Crippen molar-refractivity contribution in [2.75, 3.05) is 11.1 Å². The van der Waals surface area contributed by atoms with Crippen LogP contribution in [-0.4, -0.2) is 34.5 Å². The molecule has 0 saturated carbocycles. The molecule has 9 nitrogen and oxygen atoms in total. The van der Waals surface area contributed by atoms with E-state index >= 15 is 0 Å². The number of nitrogens with one attached hydrogen (secondary N) is 2. The van der Waals surface area contributed by atoms with Gasteiger partial charge in [-0.3, -0.25) is 9.50 Å². The third-order valence-corrected chi connectivity index (χ3v) is 3.68. The van der Waals surface area contributed by atoms with Gasteiger partial charge in [0, 0.05) is 12.3 Å². The highest BCUT2D eigenvalue weighted by Crippen LogP contribution is 2.33. The van der Waals surface area contributed by atoms with Gasteiger partial charge in [-0.25, -0.2) is 9.97 Å². The Bertz CT molecular complexity index is 1100. The zero-order valence-corrected chi connectivity index (χ0v) is 13.8. The topological polar surface area (TPSA) is 123 Å². The minimum Gasteiger partial charge on any atom is -0.368 e. The summed E-state index contributed by atoms with van der Waals surface area (Å²) in [4.78, 5) is 16.5. The Morgan fingerprint density at radius 1 is 1.11 bits per heavy atom. The second kappa shape index (κ2) is 5.93. The molecule has 138 valence electrons. The van der Waals surface area contributed by atoms with Crippen LogP contribution in [0.1, 0.15) is 11.4 Å². The van der Waals surface area contributed by atoms with E-state index in [1.807, 2.05) is 0 Å². The van der Waals surface area contributed by atoms with E-state index in [2.05, 4.69) is 35.5 Å². The maximum absolute atomic E-state index is 13.2. The van der Waals surface area contributed by atoms with Crippen LogP contribution in [0, 0.1) is 6.92 Å². The van der Waals surface area contributed by atoms with Crippen molar-refractivity contribution in [1.82, 2.24) is 34.5 Å². The molecule has 4 aromatic heterocycles. The number of aromatic nitrogens is 7. The van der Waals surface area contributed by atoms with E-state index in [1.54, 1.807) is 13.0 Å². The van der Waals surface area contributed by atoms with E-state index in [1.165, 1.54) is 16.7 Å². The fourth-order valence-electron chi connectivity index (χ4n) is 2.57. The van der Waals surface area contributed by atoms with Crippen molar-refractivity contribution in [3.63, 3.8) is 0 Å². The number of halogens is 3. The standard InChI is InChI=1S/C15H12F3N9/c1-7-21-12(25-14(19)22-7)11-13(23-9-4-5-20-26-9)24-10-3-2-8(6-27(10)11)15(16,17)18/h2-6H,1H3,(H2,20,23,26)(H2,19,21,22,25). The van der Waals surface area contributed by atoms with Crippen molar-refractivity contribution in [2.24, 2.45) is 0 Å². The molecule has 0 aliphatic rings. The first-order valence-corrected chi connectivity index (χ1v) is 7.65. The fraction of sp³-hybridized carbons (Fsp3) is 0.133. The lowest BCUT2D eigenvalue weighted by molar-refractivity contribution is -0.137. The quantitative estimate of drug-likeness (QED) is 0.503. The van der Waals surface area contributed by atoms with Gasteiger partial charge in [0.1, 0.15) is 23.0 Å². The van der Waals surface area contributed by atoms with Gasteiger partial charge >= 0.3 is 6.18 Å². The molecule has 0 aromatic carbocycles. The number of nitrogens with zero attached hydrogens (tertiary/aromatic N) is 6. The SMILES string of the molecule is Cc1nc(N)nc(-c2c(Nc3ccn[nH]3)nc3ccc(C(F)(F)F)cn23)n1. The molecule has 0 atom stereocenters. The van der Waals surface area contributed by atoms with Crippen LogP contribution in [0.2, 0.25) is 0 Å². The number of hydrogen-bond acceptors (Lipinski definition) is 7. The summed E-state index contributed by atoms with van der Waals surface area (Å²) in [5, 5.41) is 9.48. The summed E-state index contributed by atoms with van der Waals surface area (Å²) in [5.41, 5.74) is 5.34. The van der Waals surface area contributed by atoms with Gasteiger partial charge in [0.2, 0.25) is 5.95 Å². The summed E-state index contributed by atoms with van der Waals surface area (Å²) in [6.45, 7) is 1.61. The molecule has 0 aliphatic heterocycles. The average molecular weight is 375 g/mol. The molecule has 4 rings (SSSR count). The molecule has 0 fully saturated rings. The van der Waals surface area contributed by atoms with E-state index in [0.29, 0.717) is 11.6 Å². The second-order valence-corrected chi connectivity index (χ2v) is 5.61. The van der Waals surface area contributed by atoms with E-state index in [0.717, 1.165) is 12.3 Å². The van der Waals surface area contributed by atoms with Gasteiger partial charge in [0.15, 0.2) is 11.6 Å². The van der Waals surface area contributed by atoms with E-state index in [9.17, 15) is 13.2 Å². The van der Waals surface area contributed by atoms with Crippen LogP contribution in [0.3, 0.4) is 0 Å². The van der Waals surface area contributed by atoms with Gasteiger partial charge in [-0.1, -0.05) is 0 Å². The predicted molar refractivity (Wildman–Crippen MR) is 90.0 cm³/mol. The number of aromatic amines is 1. The van der Waals surface area contributed by atoms with Crippen LogP contribution in [0.15, 0.2) is 30.6 Å². The Balaban J connectivity index is 1.98. The Kier molecular flexibility index (Phi) is 3.68. The molecule has 4 N–H and O–H groups in total. The number of aryl methyl sites for hydroxylation is 1. The first-order valence-electron chi connectivity index (χ1n) is 7.65. The monoisotopic (exact) mass is 375 g/mol. The van der Waals surface area contributed by atoms with Crippen LogP contribution in [0.4, 0.5) is 30.8 Å². The molecule has 12 heteroatoms. The number of H-pyrrole nitrogens is 1. The molecular formula is C15H12F3N9. The summed E-state index contributed by atoms with van der Waals surface area (Å²) in [6.07, 6.45) is -2.06. The third-order valence-electron chi connectivity index (χ3n) is 3.68. The lowest BCUT2D eigenvalue weighted by Crippen LogP contribution is -2.08. The average Bonchev–Trinajstić information content (AvgIpc) is 3.19. The molecular weight excluding hydrogens is 363 g/mol. The normalized spacial score (nSPS) is 11.9. The lowest BCUT2D eigenvalue weighted by atomic mass is 10.2. The summed E-state index contributed by atoms with van der Waals surface area (Å²) >= 11 is 0. The number of hydrogen-bond donors (Lipinski definition) is 3. The number of rotatable bonds is 3. The van der Waals surface area contributed by atoms with Crippen molar-refractivity contribution in [2.45, 2.75) is 13.1 Å². The maximum atomic E-state index is 13.2. The molecule has 0 unspecified atom stereocenters. The molecule has 0 radical (unpaired) electrons. The highest BCUT2D eigenvalue weighted by Gasteiger charge is 2.31. The van der Waals surface area contributed by atoms with Crippen LogP contribution in [0.25, 0.3) is 17.2 Å².